The van der Waals surface area contributed by atoms with Crippen molar-refractivity contribution in [1.29, 1.82) is 0 Å². The number of ether oxygens (including phenoxy) is 2. The zero-order chi connectivity index (χ0) is 54.5. The van der Waals surface area contributed by atoms with Crippen molar-refractivity contribution >= 4 is 107 Å². The molecular weight excluding hydrogens is 1140 g/mol. The number of fused-ring (bicyclic) bond motifs is 6. The Morgan fingerprint density at radius 3 is 1.48 bits per heavy atom. The Balaban J connectivity index is 0.000000150. The van der Waals surface area contributed by atoms with Crippen LogP contribution >= 0.6 is 69.1 Å². The number of hydrogen-bond donors (Lipinski definition) is 3. The maximum Gasteiger partial charge on any atom is 0.211 e. The molecule has 8 atom stereocenters. The summed E-state index contributed by atoms with van der Waals surface area (Å²) < 4.78 is 55.1. The second kappa shape index (κ2) is 21.0. The molecule has 6 saturated carbocycles. The Kier molecular flexibility index (Phi) is 14.2. The largest absolute Gasteiger partial charge is 0.382 e. The van der Waals surface area contributed by atoms with Crippen molar-refractivity contribution in [2.24, 2.45) is 23.7 Å². The van der Waals surface area contributed by atoms with Crippen LogP contribution in [0.4, 0.5) is 20.2 Å². The molecule has 13 nitrogen and oxygen atoms in total. The van der Waals surface area contributed by atoms with Gasteiger partial charge in [0.05, 0.1) is 56.8 Å². The first-order valence-electron chi connectivity index (χ1n) is 26.6. The zero-order valence-corrected chi connectivity index (χ0v) is 46.8. The van der Waals surface area contributed by atoms with Gasteiger partial charge in [0.25, 0.3) is 0 Å². The molecule has 0 spiro atoms. The molecule has 4 aromatic heterocycles. The lowest BCUT2D eigenvalue weighted by molar-refractivity contribution is -0.116. The van der Waals surface area contributed by atoms with E-state index in [9.17, 15) is 23.8 Å². The van der Waals surface area contributed by atoms with Crippen molar-refractivity contribution < 1.29 is 42.3 Å². The van der Waals surface area contributed by atoms with Gasteiger partial charge in [-0.2, -0.15) is 0 Å². The van der Waals surface area contributed by atoms with Gasteiger partial charge in [-0.3, -0.25) is 4.79 Å². The molecule has 6 aliphatic rings. The lowest BCUT2D eigenvalue weighted by Gasteiger charge is -2.41. The van der Waals surface area contributed by atoms with Crippen molar-refractivity contribution in [2.75, 3.05) is 5.32 Å². The summed E-state index contributed by atoms with van der Waals surface area (Å²) in [6.07, 6.45) is 10.7. The second-order valence-corrected chi connectivity index (χ2v) is 25.6. The van der Waals surface area contributed by atoms with Crippen LogP contribution in [0.3, 0.4) is 0 Å². The number of carbonyl (C=O) groups is 1. The van der Waals surface area contributed by atoms with E-state index < -0.39 is 22.8 Å². The van der Waals surface area contributed by atoms with Crippen LogP contribution in [0.1, 0.15) is 122 Å². The van der Waals surface area contributed by atoms with Crippen LogP contribution in [0.2, 0.25) is 20.1 Å². The Hall–Kier alpha value is -5.10. The van der Waals surface area contributed by atoms with Crippen molar-refractivity contribution in [1.82, 2.24) is 20.3 Å². The minimum atomic E-state index is -1.14. The maximum absolute atomic E-state index is 14.7. The van der Waals surface area contributed by atoms with E-state index in [-0.39, 0.29) is 52.6 Å². The molecule has 408 valence electrons. The van der Waals surface area contributed by atoms with Crippen molar-refractivity contribution in [3.05, 3.63) is 136 Å². The third kappa shape index (κ3) is 9.55. The van der Waals surface area contributed by atoms with E-state index in [4.69, 9.17) is 71.5 Å². The molecule has 8 aromatic rings. The molecule has 0 radical (unpaired) electrons. The fourth-order valence-electron chi connectivity index (χ4n) is 13.0. The summed E-state index contributed by atoms with van der Waals surface area (Å²) in [4.78, 5) is 23.3. The SMILES string of the molecule is O=CNc1cc(F)c2nc(C3(O)[C@@H]4CC[C@H]3CC(OCc3c(-c5c(Cl)cccc5Cl)noc3C3CC3)C4)sc2c1.[C-]#[N+]c1cc(F)c2nc(C3(O)[C@@H]4CC[C@H]3CC(OCc3c(-c5c(Cl)cccc5Cl)noc3C3CC3)C4)sc2c1. The van der Waals surface area contributed by atoms with Crippen molar-refractivity contribution in [3.63, 3.8) is 0 Å². The number of benzene rings is 4. The molecule has 4 heterocycles. The number of aromatic nitrogens is 4. The molecule has 21 heteroatoms. The highest BCUT2D eigenvalue weighted by molar-refractivity contribution is 7.19. The van der Waals surface area contributed by atoms with E-state index in [0.717, 1.165) is 74.0 Å². The van der Waals surface area contributed by atoms with Gasteiger partial charge in [-0.25, -0.2) is 23.6 Å². The molecule has 3 N–H and O–H groups in total. The monoisotopic (exact) mass is 1180 g/mol. The number of halogens is 6. The molecule has 0 saturated heterocycles. The number of thiazole rings is 2. The Morgan fingerprint density at radius 1 is 0.658 bits per heavy atom. The Labute approximate surface area is 480 Å². The first-order valence-corrected chi connectivity index (χ1v) is 29.7. The van der Waals surface area contributed by atoms with E-state index in [1.54, 1.807) is 48.5 Å². The van der Waals surface area contributed by atoms with Gasteiger partial charge in [0.15, 0.2) is 11.5 Å². The van der Waals surface area contributed by atoms with E-state index >= 15 is 0 Å². The summed E-state index contributed by atoms with van der Waals surface area (Å²) in [6.45, 7) is 7.86. The van der Waals surface area contributed by atoms with Crippen LogP contribution < -0.4 is 5.32 Å². The third-order valence-electron chi connectivity index (χ3n) is 17.2. The highest BCUT2D eigenvalue weighted by Gasteiger charge is 2.58. The lowest BCUT2D eigenvalue weighted by atomic mass is 9.73. The quantitative estimate of drug-likeness (QED) is 0.0699. The number of nitrogens with zero attached hydrogens (tertiary/aromatic N) is 5. The van der Waals surface area contributed by atoms with E-state index in [2.05, 4.69) is 30.4 Å². The summed E-state index contributed by atoms with van der Waals surface area (Å²) in [5.74, 6) is 1.08. The van der Waals surface area contributed by atoms with Gasteiger partial charge in [-0.15, -0.1) is 22.7 Å². The van der Waals surface area contributed by atoms with Crippen LogP contribution in [0.25, 0.3) is 47.8 Å². The van der Waals surface area contributed by atoms with Crippen molar-refractivity contribution in [3.8, 4) is 22.5 Å². The van der Waals surface area contributed by atoms with Crippen LogP contribution in [0, 0.1) is 41.9 Å². The van der Waals surface area contributed by atoms with Crippen LogP contribution in [-0.4, -0.2) is 49.1 Å². The average Bonchev–Trinajstić information content (AvgIpc) is 4.22. The Bertz CT molecular complexity index is 3670. The fraction of sp³-hybridized carbons (Fsp3) is 0.414. The predicted molar refractivity (Wildman–Crippen MR) is 299 cm³/mol. The standard InChI is InChI=1S/C29H26Cl2FN3O4S.C29H24Cl2FN3O3S/c30-20-2-1-3-21(31)24(20)25-19(27(39-35-25)14-4-5-14)12-38-18-8-15-6-7-16(9-18)29(15,37)28-34-26-22(32)10-17(33-13-36)11-23(26)40-28;1-33-17-11-22(32)26-23(12-17)39-28(34-26)29(36)15-7-8-16(29)10-18(9-15)37-13-19-25(35-38-27(19)14-5-6-14)24-20(30)3-2-4-21(24)31/h1-3,10-11,13-16,18,37H,4-9,12H2,(H,33,36);2-4,11-12,14-16,18,36H,5-10,13H2/t2*15-,16+,18?,29?. The van der Waals surface area contributed by atoms with Gasteiger partial charge in [-0.05, 0) is 149 Å². The van der Waals surface area contributed by atoms with Gasteiger partial charge >= 0.3 is 0 Å². The second-order valence-electron chi connectivity index (χ2n) is 21.9. The summed E-state index contributed by atoms with van der Waals surface area (Å²) >= 11 is 28.6. The highest BCUT2D eigenvalue weighted by Crippen LogP contribution is 2.59. The lowest BCUT2D eigenvalue weighted by Crippen LogP contribution is -2.44. The van der Waals surface area contributed by atoms with Crippen LogP contribution in [0.5, 0.6) is 0 Å². The maximum atomic E-state index is 14.7. The molecular formula is C58H50Cl4F2N6O7S2. The number of aliphatic hydroxyl groups is 2. The Morgan fingerprint density at radius 2 is 1.08 bits per heavy atom. The molecule has 4 unspecified atom stereocenters. The normalized spacial score (nSPS) is 26.1. The average molecular weight is 1190 g/mol. The fourth-order valence-corrected chi connectivity index (χ4v) is 16.7. The number of amides is 1. The number of rotatable bonds is 14. The van der Waals surface area contributed by atoms with Crippen molar-refractivity contribution in [2.45, 2.75) is 126 Å². The first kappa shape index (κ1) is 53.2. The van der Waals surface area contributed by atoms with Gasteiger partial charge in [0.1, 0.15) is 61.0 Å². The topological polar surface area (TPSA) is 170 Å². The molecule has 4 aromatic carbocycles. The minimum absolute atomic E-state index is 0.0481. The number of hydrogen-bond acceptors (Lipinski definition) is 13. The number of nitrogens with one attached hydrogen (secondary N) is 1. The zero-order valence-electron chi connectivity index (χ0n) is 42.1. The van der Waals surface area contributed by atoms with E-state index in [1.807, 2.05) is 0 Å². The summed E-state index contributed by atoms with van der Waals surface area (Å²) in [7, 11) is 0. The smallest absolute Gasteiger partial charge is 0.211 e. The van der Waals surface area contributed by atoms with E-state index in [1.165, 1.54) is 34.8 Å². The summed E-state index contributed by atoms with van der Waals surface area (Å²) in [5.41, 5.74) is 3.08. The molecule has 4 bridgehead atoms. The third-order valence-corrected chi connectivity index (χ3v) is 20.7. The highest BCUT2D eigenvalue weighted by atomic mass is 35.5. The van der Waals surface area contributed by atoms with Crippen LogP contribution in [0.15, 0.2) is 69.7 Å². The van der Waals surface area contributed by atoms with Gasteiger partial charge in [-0.1, -0.05) is 68.8 Å². The molecule has 0 aliphatic heterocycles. The van der Waals surface area contributed by atoms with E-state index in [0.29, 0.717) is 125 Å². The van der Waals surface area contributed by atoms with Crippen LogP contribution in [-0.2, 0) is 38.7 Å². The first-order chi connectivity index (χ1) is 38.2. The number of anilines is 1. The molecule has 6 fully saturated rings. The van der Waals surface area contributed by atoms with Gasteiger partial charge < -0.3 is 34.0 Å². The predicted octanol–water partition coefficient (Wildman–Crippen LogP) is 15.9. The van der Waals surface area contributed by atoms with Gasteiger partial charge in [0, 0.05) is 44.5 Å². The molecule has 79 heavy (non-hydrogen) atoms. The summed E-state index contributed by atoms with van der Waals surface area (Å²) in [6, 6.07) is 16.5. The van der Waals surface area contributed by atoms with Gasteiger partial charge in [0.2, 0.25) is 6.41 Å². The number of carbonyl (C=O) groups excluding carboxylic acids is 1. The molecule has 1 amide bonds. The molecule has 14 rings (SSSR count). The molecule has 6 aliphatic carbocycles. The summed E-state index contributed by atoms with van der Waals surface area (Å²) in [5, 5.41) is 38.3. The minimum Gasteiger partial charge on any atom is -0.382 e.